The number of ether oxygens (including phenoxy) is 1. The van der Waals surface area contributed by atoms with Crippen molar-refractivity contribution in [3.05, 3.63) is 29.8 Å². The molecule has 1 aromatic rings. The molecule has 3 heteroatoms. The van der Waals surface area contributed by atoms with Crippen molar-refractivity contribution in [2.75, 3.05) is 13.7 Å². The average molecular weight is 211 g/mol. The molecule has 0 spiro atoms. The van der Waals surface area contributed by atoms with Crippen LogP contribution in [0, 0.1) is 5.92 Å². The van der Waals surface area contributed by atoms with Gasteiger partial charge in [0.05, 0.1) is 7.11 Å². The lowest BCUT2D eigenvalue weighted by Crippen LogP contribution is -2.31. The molecule has 0 fully saturated rings. The fourth-order valence-electron chi connectivity index (χ4n) is 1.54. The van der Waals surface area contributed by atoms with E-state index in [0.717, 1.165) is 0 Å². The van der Waals surface area contributed by atoms with E-state index in [9.17, 15) is 4.39 Å². The molecule has 1 aromatic carbocycles. The van der Waals surface area contributed by atoms with Crippen LogP contribution in [0.1, 0.15) is 19.4 Å². The van der Waals surface area contributed by atoms with Crippen molar-refractivity contribution in [2.45, 2.75) is 19.5 Å². The standard InChI is InChI=1S/C12H18FNO/c1-9(8-14)12(2,13)10-6-4-5-7-11(10)15-3/h4-7,9H,8,14H2,1-3H3. The zero-order chi connectivity index (χ0) is 11.5. The zero-order valence-corrected chi connectivity index (χ0v) is 9.46. The van der Waals surface area contributed by atoms with Gasteiger partial charge in [0, 0.05) is 11.5 Å². The molecule has 0 aliphatic heterocycles. The number of para-hydroxylation sites is 1. The SMILES string of the molecule is COc1ccccc1C(C)(F)C(C)CN. The van der Waals surface area contributed by atoms with Crippen molar-refractivity contribution < 1.29 is 9.13 Å². The minimum absolute atomic E-state index is 0.242. The van der Waals surface area contributed by atoms with E-state index in [1.807, 2.05) is 6.07 Å². The van der Waals surface area contributed by atoms with Gasteiger partial charge in [0.25, 0.3) is 0 Å². The second-order valence-corrected chi connectivity index (χ2v) is 3.91. The number of benzene rings is 1. The van der Waals surface area contributed by atoms with Crippen LogP contribution in [0.25, 0.3) is 0 Å². The number of halogens is 1. The van der Waals surface area contributed by atoms with Gasteiger partial charge in [-0.05, 0) is 19.5 Å². The number of rotatable bonds is 4. The molecule has 2 unspecified atom stereocenters. The van der Waals surface area contributed by atoms with E-state index in [1.165, 1.54) is 0 Å². The van der Waals surface area contributed by atoms with Crippen molar-refractivity contribution in [3.8, 4) is 5.75 Å². The number of methoxy groups -OCH3 is 1. The summed E-state index contributed by atoms with van der Waals surface area (Å²) in [7, 11) is 1.54. The van der Waals surface area contributed by atoms with E-state index in [4.69, 9.17) is 10.5 Å². The fourth-order valence-corrected chi connectivity index (χ4v) is 1.54. The van der Waals surface area contributed by atoms with Gasteiger partial charge in [-0.15, -0.1) is 0 Å². The molecule has 0 saturated carbocycles. The summed E-state index contributed by atoms with van der Waals surface area (Å²) < 4.78 is 19.6. The van der Waals surface area contributed by atoms with Crippen molar-refractivity contribution in [3.63, 3.8) is 0 Å². The first kappa shape index (κ1) is 12.0. The number of alkyl halides is 1. The number of hydrogen-bond acceptors (Lipinski definition) is 2. The Morgan fingerprint density at radius 2 is 2.07 bits per heavy atom. The predicted octanol–water partition coefficient (Wildman–Crippen LogP) is 2.47. The Hall–Kier alpha value is -1.09. The normalized spacial score (nSPS) is 16.9. The molecular formula is C12H18FNO. The van der Waals surface area contributed by atoms with Gasteiger partial charge in [0.1, 0.15) is 11.4 Å². The van der Waals surface area contributed by atoms with Crippen LogP contribution in [0.3, 0.4) is 0 Å². The highest BCUT2D eigenvalue weighted by Crippen LogP contribution is 2.38. The van der Waals surface area contributed by atoms with Crippen molar-refractivity contribution in [1.29, 1.82) is 0 Å². The Bertz CT molecular complexity index is 325. The Kier molecular flexibility index (Phi) is 3.69. The summed E-state index contributed by atoms with van der Waals surface area (Å²) in [6.07, 6.45) is 0. The molecule has 0 aliphatic rings. The smallest absolute Gasteiger partial charge is 0.140 e. The first-order chi connectivity index (χ1) is 7.04. The number of nitrogens with two attached hydrogens (primary N) is 1. The van der Waals surface area contributed by atoms with Gasteiger partial charge in [-0.1, -0.05) is 25.1 Å². The summed E-state index contributed by atoms with van der Waals surface area (Å²) in [6.45, 7) is 3.65. The minimum atomic E-state index is -1.46. The molecular weight excluding hydrogens is 193 g/mol. The Morgan fingerprint density at radius 1 is 1.47 bits per heavy atom. The second-order valence-electron chi connectivity index (χ2n) is 3.91. The molecule has 0 bridgehead atoms. The lowest BCUT2D eigenvalue weighted by Gasteiger charge is -2.28. The van der Waals surface area contributed by atoms with Crippen molar-refractivity contribution in [2.24, 2.45) is 11.7 Å². The molecule has 0 heterocycles. The highest BCUT2D eigenvalue weighted by Gasteiger charge is 2.34. The maximum absolute atomic E-state index is 14.5. The van der Waals surface area contributed by atoms with Gasteiger partial charge in [0.2, 0.25) is 0 Å². The summed E-state index contributed by atoms with van der Waals surface area (Å²) in [5.74, 6) is 0.330. The Morgan fingerprint density at radius 3 is 2.60 bits per heavy atom. The predicted molar refractivity (Wildman–Crippen MR) is 59.7 cm³/mol. The van der Waals surface area contributed by atoms with Crippen LogP contribution >= 0.6 is 0 Å². The molecule has 0 saturated heterocycles. The lowest BCUT2D eigenvalue weighted by atomic mass is 9.85. The summed E-state index contributed by atoms with van der Waals surface area (Å²) in [4.78, 5) is 0. The molecule has 1 rings (SSSR count). The minimum Gasteiger partial charge on any atom is -0.496 e. The summed E-state index contributed by atoms with van der Waals surface area (Å²) in [5.41, 5.74) is 4.61. The molecule has 84 valence electrons. The van der Waals surface area contributed by atoms with Crippen molar-refractivity contribution >= 4 is 0 Å². The molecule has 2 nitrogen and oxygen atoms in total. The van der Waals surface area contributed by atoms with Gasteiger partial charge >= 0.3 is 0 Å². The Labute approximate surface area is 90.2 Å². The van der Waals surface area contributed by atoms with Gasteiger partial charge in [-0.2, -0.15) is 0 Å². The van der Waals surface area contributed by atoms with Crippen LogP contribution in [0.5, 0.6) is 5.75 Å². The maximum atomic E-state index is 14.5. The first-order valence-corrected chi connectivity index (χ1v) is 5.06. The van der Waals surface area contributed by atoms with E-state index in [-0.39, 0.29) is 5.92 Å². The maximum Gasteiger partial charge on any atom is 0.140 e. The highest BCUT2D eigenvalue weighted by molar-refractivity contribution is 5.38. The quantitative estimate of drug-likeness (QED) is 0.830. The first-order valence-electron chi connectivity index (χ1n) is 5.06. The molecule has 0 radical (unpaired) electrons. The van der Waals surface area contributed by atoms with E-state index >= 15 is 0 Å². The summed E-state index contributed by atoms with van der Waals surface area (Å²) in [5, 5.41) is 0. The van der Waals surface area contributed by atoms with E-state index < -0.39 is 5.67 Å². The topological polar surface area (TPSA) is 35.2 Å². The van der Waals surface area contributed by atoms with Crippen LogP contribution in [-0.2, 0) is 5.67 Å². The zero-order valence-electron chi connectivity index (χ0n) is 9.46. The third kappa shape index (κ3) is 2.29. The largest absolute Gasteiger partial charge is 0.496 e. The molecule has 2 atom stereocenters. The van der Waals surface area contributed by atoms with Gasteiger partial charge in [-0.25, -0.2) is 4.39 Å². The van der Waals surface area contributed by atoms with Crippen LogP contribution in [0.2, 0.25) is 0 Å². The summed E-state index contributed by atoms with van der Waals surface area (Å²) in [6, 6.07) is 7.13. The van der Waals surface area contributed by atoms with Crippen LogP contribution < -0.4 is 10.5 Å². The van der Waals surface area contributed by atoms with Crippen molar-refractivity contribution in [1.82, 2.24) is 0 Å². The summed E-state index contributed by atoms with van der Waals surface area (Å²) >= 11 is 0. The van der Waals surface area contributed by atoms with E-state index in [0.29, 0.717) is 17.9 Å². The van der Waals surface area contributed by atoms with E-state index in [2.05, 4.69) is 0 Å². The number of hydrogen-bond donors (Lipinski definition) is 1. The Balaban J connectivity index is 3.13. The van der Waals surface area contributed by atoms with Gasteiger partial charge in [-0.3, -0.25) is 0 Å². The van der Waals surface area contributed by atoms with Gasteiger partial charge < -0.3 is 10.5 Å². The van der Waals surface area contributed by atoms with Crippen LogP contribution in [0.15, 0.2) is 24.3 Å². The lowest BCUT2D eigenvalue weighted by molar-refractivity contribution is 0.113. The van der Waals surface area contributed by atoms with Crippen LogP contribution in [0.4, 0.5) is 4.39 Å². The molecule has 0 aliphatic carbocycles. The third-order valence-electron chi connectivity index (χ3n) is 2.91. The molecule has 0 amide bonds. The average Bonchev–Trinajstić information content (AvgIpc) is 2.27. The fraction of sp³-hybridized carbons (Fsp3) is 0.500. The van der Waals surface area contributed by atoms with Gasteiger partial charge in [0.15, 0.2) is 0 Å². The molecule has 0 aromatic heterocycles. The molecule has 2 N–H and O–H groups in total. The second kappa shape index (κ2) is 4.62. The highest BCUT2D eigenvalue weighted by atomic mass is 19.1. The van der Waals surface area contributed by atoms with E-state index in [1.54, 1.807) is 39.2 Å². The monoisotopic (exact) mass is 211 g/mol. The molecule has 15 heavy (non-hydrogen) atoms. The third-order valence-corrected chi connectivity index (χ3v) is 2.91. The van der Waals surface area contributed by atoms with Crippen LogP contribution in [-0.4, -0.2) is 13.7 Å².